The highest BCUT2D eigenvalue weighted by Gasteiger charge is 2.28. The zero-order chi connectivity index (χ0) is 21.9. The SMILES string of the molecule is O=S(=O)(Nc1cc(S(=O)(=O)N2CCCCC2)ccc1Oc1ccccc1)c1cn[nH]c1. The van der Waals surface area contributed by atoms with Gasteiger partial charge in [0.05, 0.1) is 16.8 Å². The van der Waals surface area contributed by atoms with E-state index in [-0.39, 0.29) is 21.2 Å². The van der Waals surface area contributed by atoms with Crippen molar-refractivity contribution in [3.8, 4) is 11.5 Å². The molecular weight excluding hydrogens is 440 g/mol. The largest absolute Gasteiger partial charge is 0.455 e. The number of H-pyrrole nitrogens is 1. The van der Waals surface area contributed by atoms with Crippen molar-refractivity contribution in [2.45, 2.75) is 29.1 Å². The van der Waals surface area contributed by atoms with Crippen molar-refractivity contribution < 1.29 is 21.6 Å². The summed E-state index contributed by atoms with van der Waals surface area (Å²) in [6.45, 7) is 0.890. The average Bonchev–Trinajstić information content (AvgIpc) is 3.32. The molecule has 0 spiro atoms. The van der Waals surface area contributed by atoms with Crippen LogP contribution in [0.4, 0.5) is 5.69 Å². The van der Waals surface area contributed by atoms with Crippen LogP contribution in [-0.4, -0.2) is 44.4 Å². The van der Waals surface area contributed by atoms with Crippen molar-refractivity contribution in [2.24, 2.45) is 0 Å². The van der Waals surface area contributed by atoms with E-state index in [1.807, 2.05) is 6.07 Å². The number of aromatic amines is 1. The summed E-state index contributed by atoms with van der Waals surface area (Å²) < 4.78 is 61.4. The van der Waals surface area contributed by atoms with Crippen LogP contribution in [0.2, 0.25) is 0 Å². The molecule has 0 atom stereocenters. The average molecular weight is 463 g/mol. The van der Waals surface area contributed by atoms with Crippen molar-refractivity contribution >= 4 is 25.7 Å². The van der Waals surface area contributed by atoms with Gasteiger partial charge < -0.3 is 4.74 Å². The molecule has 3 aromatic rings. The Morgan fingerprint density at radius 3 is 2.35 bits per heavy atom. The van der Waals surface area contributed by atoms with Crippen molar-refractivity contribution in [3.63, 3.8) is 0 Å². The summed E-state index contributed by atoms with van der Waals surface area (Å²) in [6.07, 6.45) is 4.98. The Balaban J connectivity index is 1.73. The second kappa shape index (κ2) is 8.69. The molecule has 1 aromatic heterocycles. The monoisotopic (exact) mass is 462 g/mol. The van der Waals surface area contributed by atoms with Gasteiger partial charge in [0.25, 0.3) is 10.0 Å². The molecule has 1 fully saturated rings. The van der Waals surface area contributed by atoms with Gasteiger partial charge in [0.15, 0.2) is 5.75 Å². The molecule has 2 aromatic carbocycles. The van der Waals surface area contributed by atoms with Crippen LogP contribution in [0.3, 0.4) is 0 Å². The van der Waals surface area contributed by atoms with Crippen LogP contribution in [0.25, 0.3) is 0 Å². The number of anilines is 1. The fourth-order valence-electron chi connectivity index (χ4n) is 3.30. The van der Waals surface area contributed by atoms with Gasteiger partial charge in [-0.2, -0.15) is 9.40 Å². The molecule has 1 saturated heterocycles. The number of nitrogens with zero attached hydrogens (tertiary/aromatic N) is 2. The minimum absolute atomic E-state index is 0.000273. The number of piperidine rings is 1. The Morgan fingerprint density at radius 2 is 1.68 bits per heavy atom. The summed E-state index contributed by atoms with van der Waals surface area (Å²) in [5.41, 5.74) is 0.0168. The van der Waals surface area contributed by atoms with E-state index in [9.17, 15) is 16.8 Å². The van der Waals surface area contributed by atoms with Crippen LogP contribution in [0, 0.1) is 0 Å². The first-order valence-corrected chi connectivity index (χ1v) is 12.7. The summed E-state index contributed by atoms with van der Waals surface area (Å²) in [6, 6.07) is 13.0. The molecule has 4 rings (SSSR count). The second-order valence-electron chi connectivity index (χ2n) is 7.08. The third-order valence-corrected chi connectivity index (χ3v) is 8.13. The van der Waals surface area contributed by atoms with Gasteiger partial charge in [0.2, 0.25) is 10.0 Å². The number of nitrogens with one attached hydrogen (secondary N) is 2. The summed E-state index contributed by atoms with van der Waals surface area (Å²) in [5, 5.41) is 6.11. The first-order valence-electron chi connectivity index (χ1n) is 9.75. The predicted octanol–water partition coefficient (Wildman–Crippen LogP) is 3.18. The van der Waals surface area contributed by atoms with Crippen LogP contribution in [0.1, 0.15) is 19.3 Å². The number of benzene rings is 2. The van der Waals surface area contributed by atoms with Crippen LogP contribution in [0.5, 0.6) is 11.5 Å². The number of ether oxygens (including phenoxy) is 1. The topological polar surface area (TPSA) is 121 Å². The van der Waals surface area contributed by atoms with E-state index in [0.29, 0.717) is 18.8 Å². The molecule has 0 aliphatic carbocycles. The van der Waals surface area contributed by atoms with Gasteiger partial charge in [0.1, 0.15) is 10.6 Å². The zero-order valence-corrected chi connectivity index (χ0v) is 18.2. The quantitative estimate of drug-likeness (QED) is 0.556. The Hall–Kier alpha value is -2.89. The van der Waals surface area contributed by atoms with E-state index < -0.39 is 20.0 Å². The second-order valence-corrected chi connectivity index (χ2v) is 10.7. The van der Waals surface area contributed by atoms with Crippen molar-refractivity contribution in [3.05, 3.63) is 60.9 Å². The number of sulfonamides is 2. The third kappa shape index (κ3) is 4.73. The minimum atomic E-state index is -4.00. The van der Waals surface area contributed by atoms with Crippen molar-refractivity contribution in [1.29, 1.82) is 0 Å². The van der Waals surface area contributed by atoms with Crippen LogP contribution < -0.4 is 9.46 Å². The zero-order valence-electron chi connectivity index (χ0n) is 16.6. The summed E-state index contributed by atoms with van der Waals surface area (Å²) in [7, 11) is -7.76. The molecular formula is C20H22N4O5S2. The molecule has 2 N–H and O–H groups in total. The molecule has 0 bridgehead atoms. The molecule has 2 heterocycles. The summed E-state index contributed by atoms with van der Waals surface area (Å²) in [4.78, 5) is -0.0813. The molecule has 9 nitrogen and oxygen atoms in total. The number of hydrogen-bond donors (Lipinski definition) is 2. The van der Waals surface area contributed by atoms with Crippen LogP contribution in [-0.2, 0) is 20.0 Å². The Kier molecular flexibility index (Phi) is 5.99. The lowest BCUT2D eigenvalue weighted by Gasteiger charge is -2.26. The lowest BCUT2D eigenvalue weighted by Crippen LogP contribution is -2.35. The molecule has 164 valence electrons. The van der Waals surface area contributed by atoms with Gasteiger partial charge in [0, 0.05) is 19.3 Å². The number of rotatable bonds is 7. The Bertz CT molecular complexity index is 1240. The maximum atomic E-state index is 13.1. The van der Waals surface area contributed by atoms with Crippen LogP contribution in [0.15, 0.2) is 70.7 Å². The highest BCUT2D eigenvalue weighted by atomic mass is 32.2. The maximum absolute atomic E-state index is 13.1. The number of para-hydroxylation sites is 1. The van der Waals surface area contributed by atoms with E-state index in [2.05, 4.69) is 14.9 Å². The highest BCUT2D eigenvalue weighted by Crippen LogP contribution is 2.34. The molecule has 31 heavy (non-hydrogen) atoms. The molecule has 1 aliphatic rings. The standard InChI is InChI=1S/C20H22N4O5S2/c25-30(26,18-14-21-22-15-18)23-19-13-17(31(27,28)24-11-5-2-6-12-24)9-10-20(19)29-16-7-3-1-4-8-16/h1,3-4,7-10,13-15,23H,2,5-6,11-12H2,(H,21,22). The fraction of sp³-hybridized carbons (Fsp3) is 0.250. The normalized spacial score (nSPS) is 15.5. The highest BCUT2D eigenvalue weighted by molar-refractivity contribution is 7.92. The number of aromatic nitrogens is 2. The predicted molar refractivity (Wildman–Crippen MR) is 115 cm³/mol. The molecule has 0 amide bonds. The van der Waals surface area contributed by atoms with E-state index in [0.717, 1.165) is 25.5 Å². The lowest BCUT2D eigenvalue weighted by molar-refractivity contribution is 0.346. The van der Waals surface area contributed by atoms with E-state index in [4.69, 9.17) is 4.74 Å². The first-order chi connectivity index (χ1) is 14.9. The van der Waals surface area contributed by atoms with E-state index >= 15 is 0 Å². The van der Waals surface area contributed by atoms with Gasteiger partial charge in [-0.05, 0) is 43.2 Å². The van der Waals surface area contributed by atoms with Crippen molar-refractivity contribution in [2.75, 3.05) is 17.8 Å². The molecule has 11 heteroatoms. The van der Waals surface area contributed by atoms with Gasteiger partial charge in [-0.3, -0.25) is 9.82 Å². The summed E-state index contributed by atoms with van der Waals surface area (Å²) >= 11 is 0. The fourth-order valence-corrected chi connectivity index (χ4v) is 5.81. The van der Waals surface area contributed by atoms with E-state index in [1.54, 1.807) is 24.3 Å². The third-order valence-electron chi connectivity index (χ3n) is 4.90. The molecule has 0 unspecified atom stereocenters. The first kappa shape index (κ1) is 21.3. The van der Waals surface area contributed by atoms with Gasteiger partial charge in [-0.25, -0.2) is 16.8 Å². The van der Waals surface area contributed by atoms with Crippen molar-refractivity contribution in [1.82, 2.24) is 14.5 Å². The molecule has 0 saturated carbocycles. The lowest BCUT2D eigenvalue weighted by atomic mass is 10.2. The Morgan fingerprint density at radius 1 is 0.935 bits per heavy atom. The number of hydrogen-bond acceptors (Lipinski definition) is 6. The van der Waals surface area contributed by atoms with Gasteiger partial charge in [-0.1, -0.05) is 24.6 Å². The Labute approximate surface area is 181 Å². The molecule has 1 aliphatic heterocycles. The van der Waals surface area contributed by atoms with Gasteiger partial charge in [-0.15, -0.1) is 0 Å². The smallest absolute Gasteiger partial charge is 0.265 e. The van der Waals surface area contributed by atoms with Crippen LogP contribution >= 0.6 is 0 Å². The maximum Gasteiger partial charge on any atom is 0.265 e. The summed E-state index contributed by atoms with van der Waals surface area (Å²) in [5.74, 6) is 0.661. The molecule has 0 radical (unpaired) electrons. The van der Waals surface area contributed by atoms with E-state index in [1.165, 1.54) is 28.7 Å². The minimum Gasteiger partial charge on any atom is -0.455 e. The van der Waals surface area contributed by atoms with Gasteiger partial charge >= 0.3 is 0 Å².